The van der Waals surface area contributed by atoms with Gasteiger partial charge in [-0.3, -0.25) is 10.1 Å². The lowest BCUT2D eigenvalue weighted by Gasteiger charge is -2.38. The lowest BCUT2D eigenvalue weighted by Crippen LogP contribution is -2.29. The predicted molar refractivity (Wildman–Crippen MR) is 97.1 cm³/mol. The molecule has 0 spiro atoms. The fourth-order valence-corrected chi connectivity index (χ4v) is 4.00. The molecule has 0 saturated carbocycles. The molecule has 0 amide bonds. The summed E-state index contributed by atoms with van der Waals surface area (Å²) in [6, 6.07) is 13.2. The van der Waals surface area contributed by atoms with Crippen LogP contribution < -0.4 is 10.1 Å². The van der Waals surface area contributed by atoms with Crippen LogP contribution in [0.3, 0.4) is 0 Å². The Labute approximate surface area is 146 Å². The highest BCUT2D eigenvalue weighted by atomic mass is 16.6. The quantitative estimate of drug-likeness (QED) is 0.494. The predicted octanol–water partition coefficient (Wildman–Crippen LogP) is 4.82. The van der Waals surface area contributed by atoms with E-state index in [0.29, 0.717) is 18.4 Å². The minimum atomic E-state index is -0.361. The van der Waals surface area contributed by atoms with Crippen molar-refractivity contribution in [3.05, 3.63) is 75.9 Å². The van der Waals surface area contributed by atoms with Crippen molar-refractivity contribution in [2.75, 3.05) is 11.9 Å². The smallest absolute Gasteiger partial charge is 0.269 e. The van der Waals surface area contributed by atoms with Crippen LogP contribution in [0.5, 0.6) is 5.75 Å². The minimum Gasteiger partial charge on any atom is -0.492 e. The lowest BCUT2D eigenvalue weighted by molar-refractivity contribution is -0.384. The molecular weight excluding hydrogens is 316 g/mol. The molecule has 5 nitrogen and oxygen atoms in total. The van der Waals surface area contributed by atoms with Crippen LogP contribution in [-0.2, 0) is 0 Å². The van der Waals surface area contributed by atoms with Crippen LogP contribution in [0.25, 0.3) is 0 Å². The fraction of sp³-hybridized carbons (Fsp3) is 0.300. The van der Waals surface area contributed by atoms with Crippen LogP contribution in [0, 0.1) is 16.0 Å². The number of nitrogens with one attached hydrogen (secondary N) is 1. The second-order valence-electron chi connectivity index (χ2n) is 6.48. The number of allylic oxidation sites excluding steroid dienone is 2. The summed E-state index contributed by atoms with van der Waals surface area (Å²) in [5.74, 6) is 1.62. The van der Waals surface area contributed by atoms with E-state index >= 15 is 0 Å². The lowest BCUT2D eigenvalue weighted by atomic mass is 9.77. The standard InChI is InChI=1S/C20H20N2O3/c1-2-25-18-8-4-7-17-15-5-3-6-16(15)19(21-20(17)18)13-9-11-14(12-10-13)22(23)24/h3-5,7-12,15-16,19,21H,2,6H2,1H3/t15-,16+,19-/m1/s1. The molecule has 2 aromatic carbocycles. The number of non-ortho nitro benzene ring substituents is 1. The Morgan fingerprint density at radius 3 is 2.76 bits per heavy atom. The van der Waals surface area contributed by atoms with Gasteiger partial charge in [-0.15, -0.1) is 0 Å². The van der Waals surface area contributed by atoms with Crippen molar-refractivity contribution in [2.24, 2.45) is 5.92 Å². The van der Waals surface area contributed by atoms with Gasteiger partial charge < -0.3 is 10.1 Å². The van der Waals surface area contributed by atoms with Crippen molar-refractivity contribution in [2.45, 2.75) is 25.3 Å². The van der Waals surface area contributed by atoms with Crippen molar-refractivity contribution in [3.63, 3.8) is 0 Å². The zero-order valence-electron chi connectivity index (χ0n) is 14.0. The molecule has 1 N–H and O–H groups in total. The first-order chi connectivity index (χ1) is 12.2. The monoisotopic (exact) mass is 336 g/mol. The number of para-hydroxylation sites is 1. The summed E-state index contributed by atoms with van der Waals surface area (Å²) in [4.78, 5) is 10.6. The highest BCUT2D eigenvalue weighted by molar-refractivity contribution is 5.67. The zero-order valence-corrected chi connectivity index (χ0v) is 14.0. The summed E-state index contributed by atoms with van der Waals surface area (Å²) in [6.07, 6.45) is 5.51. The van der Waals surface area contributed by atoms with Crippen molar-refractivity contribution >= 4 is 11.4 Å². The number of ether oxygens (including phenoxy) is 1. The number of anilines is 1. The summed E-state index contributed by atoms with van der Waals surface area (Å²) < 4.78 is 5.81. The molecule has 2 aliphatic rings. The summed E-state index contributed by atoms with van der Waals surface area (Å²) >= 11 is 0. The van der Waals surface area contributed by atoms with Gasteiger partial charge >= 0.3 is 0 Å². The van der Waals surface area contributed by atoms with Gasteiger partial charge in [0.05, 0.1) is 23.3 Å². The average molecular weight is 336 g/mol. The largest absolute Gasteiger partial charge is 0.492 e. The number of nitro benzene ring substituents is 1. The van der Waals surface area contributed by atoms with Gasteiger partial charge in [-0.1, -0.05) is 36.4 Å². The van der Waals surface area contributed by atoms with Crippen LogP contribution >= 0.6 is 0 Å². The van der Waals surface area contributed by atoms with E-state index in [1.807, 2.05) is 31.2 Å². The maximum absolute atomic E-state index is 10.9. The third kappa shape index (κ3) is 2.65. The Hall–Kier alpha value is -2.82. The molecule has 0 radical (unpaired) electrons. The topological polar surface area (TPSA) is 64.4 Å². The molecule has 0 saturated heterocycles. The first-order valence-corrected chi connectivity index (χ1v) is 8.62. The van der Waals surface area contributed by atoms with E-state index in [1.54, 1.807) is 12.1 Å². The van der Waals surface area contributed by atoms with E-state index in [-0.39, 0.29) is 16.7 Å². The molecule has 1 aliphatic carbocycles. The Morgan fingerprint density at radius 1 is 1.24 bits per heavy atom. The molecule has 0 bridgehead atoms. The molecule has 128 valence electrons. The number of hydrogen-bond acceptors (Lipinski definition) is 4. The molecule has 25 heavy (non-hydrogen) atoms. The van der Waals surface area contributed by atoms with Gasteiger partial charge in [0.25, 0.3) is 5.69 Å². The van der Waals surface area contributed by atoms with E-state index in [2.05, 4.69) is 23.5 Å². The van der Waals surface area contributed by atoms with E-state index in [4.69, 9.17) is 4.74 Å². The number of rotatable bonds is 4. The molecular formula is C20H20N2O3. The highest BCUT2D eigenvalue weighted by Gasteiger charge is 2.39. The van der Waals surface area contributed by atoms with E-state index in [9.17, 15) is 10.1 Å². The third-order valence-corrected chi connectivity index (χ3v) is 5.12. The van der Waals surface area contributed by atoms with Crippen molar-refractivity contribution < 1.29 is 9.66 Å². The Bertz CT molecular complexity index is 829. The van der Waals surface area contributed by atoms with Crippen LogP contribution in [0.1, 0.15) is 36.4 Å². The minimum absolute atomic E-state index is 0.106. The highest BCUT2D eigenvalue weighted by Crippen LogP contribution is 2.52. The number of fused-ring (bicyclic) bond motifs is 3. The average Bonchev–Trinajstić information content (AvgIpc) is 3.12. The first-order valence-electron chi connectivity index (χ1n) is 8.62. The van der Waals surface area contributed by atoms with Gasteiger partial charge in [0.15, 0.2) is 0 Å². The van der Waals surface area contributed by atoms with Crippen LogP contribution in [0.15, 0.2) is 54.6 Å². The molecule has 1 aliphatic heterocycles. The number of benzene rings is 2. The van der Waals surface area contributed by atoms with Crippen molar-refractivity contribution in [1.29, 1.82) is 0 Å². The second kappa shape index (κ2) is 6.24. The Kier molecular flexibility index (Phi) is 3.92. The first kappa shape index (κ1) is 15.7. The summed E-state index contributed by atoms with van der Waals surface area (Å²) in [5, 5.41) is 14.6. The molecule has 4 rings (SSSR count). The van der Waals surface area contributed by atoms with Crippen molar-refractivity contribution in [1.82, 2.24) is 0 Å². The maximum atomic E-state index is 10.9. The number of nitrogens with zero attached hydrogens (tertiary/aromatic N) is 1. The summed E-state index contributed by atoms with van der Waals surface area (Å²) in [5.41, 5.74) is 3.50. The molecule has 1 heterocycles. The van der Waals surface area contributed by atoms with Crippen LogP contribution in [0.2, 0.25) is 0 Å². The van der Waals surface area contributed by atoms with Crippen LogP contribution in [0.4, 0.5) is 11.4 Å². The second-order valence-corrected chi connectivity index (χ2v) is 6.48. The third-order valence-electron chi connectivity index (χ3n) is 5.12. The van der Waals surface area contributed by atoms with Gasteiger partial charge in [0.2, 0.25) is 0 Å². The number of hydrogen-bond donors (Lipinski definition) is 1. The van der Waals surface area contributed by atoms with Gasteiger partial charge in [-0.2, -0.15) is 0 Å². The Balaban J connectivity index is 1.74. The molecule has 0 unspecified atom stereocenters. The van der Waals surface area contributed by atoms with Gasteiger partial charge in [-0.25, -0.2) is 0 Å². The maximum Gasteiger partial charge on any atom is 0.269 e. The van der Waals surface area contributed by atoms with E-state index in [0.717, 1.165) is 23.4 Å². The van der Waals surface area contributed by atoms with Crippen molar-refractivity contribution in [3.8, 4) is 5.75 Å². The Morgan fingerprint density at radius 2 is 2.04 bits per heavy atom. The van der Waals surface area contributed by atoms with Gasteiger partial charge in [-0.05, 0) is 36.5 Å². The normalized spacial score (nSPS) is 23.5. The zero-order chi connectivity index (χ0) is 17.4. The molecule has 2 aromatic rings. The molecule has 0 fully saturated rings. The summed E-state index contributed by atoms with van der Waals surface area (Å²) in [7, 11) is 0. The van der Waals surface area contributed by atoms with Gasteiger partial charge in [0, 0.05) is 18.1 Å². The molecule has 0 aromatic heterocycles. The summed E-state index contributed by atoms with van der Waals surface area (Å²) in [6.45, 7) is 2.60. The number of nitro groups is 1. The fourth-order valence-electron chi connectivity index (χ4n) is 4.00. The van der Waals surface area contributed by atoms with Crippen LogP contribution in [-0.4, -0.2) is 11.5 Å². The molecule has 3 atom stereocenters. The van der Waals surface area contributed by atoms with E-state index in [1.165, 1.54) is 5.56 Å². The molecule has 5 heteroatoms. The van der Waals surface area contributed by atoms with Gasteiger partial charge in [0.1, 0.15) is 5.75 Å². The van der Waals surface area contributed by atoms with E-state index < -0.39 is 0 Å². The SMILES string of the molecule is CCOc1cccc2c1N[C@H](c1ccc([N+](=O)[O-])cc1)[C@H]1CC=C[C@@H]21.